The molecule has 0 saturated heterocycles. The van der Waals surface area contributed by atoms with E-state index in [-0.39, 0.29) is 42.1 Å². The summed E-state index contributed by atoms with van der Waals surface area (Å²) in [6.07, 6.45) is 0. The van der Waals surface area contributed by atoms with Crippen molar-refractivity contribution < 1.29 is 42.1 Å². The van der Waals surface area contributed by atoms with Gasteiger partial charge in [0.05, 0.1) is 5.08 Å². The summed E-state index contributed by atoms with van der Waals surface area (Å²) in [7, 11) is -2.30. The summed E-state index contributed by atoms with van der Waals surface area (Å²) in [5, 5.41) is 6.17. The van der Waals surface area contributed by atoms with Gasteiger partial charge >= 0.3 is 0 Å². The Kier molecular flexibility index (Phi) is 14.9. The Morgan fingerprint density at radius 2 is 0.686 bits per heavy atom. The Balaban J connectivity index is 0.00000216. The Bertz CT molecular complexity index is 1010. The van der Waals surface area contributed by atoms with Crippen molar-refractivity contribution in [3.8, 4) is 0 Å². The average Bonchev–Trinajstić information content (AvgIpc) is 2.87. The third kappa shape index (κ3) is 9.06. The van der Waals surface area contributed by atoms with Gasteiger partial charge in [0.1, 0.15) is 37.1 Å². The molecule has 0 aromatic heterocycles. The summed E-state index contributed by atoms with van der Waals surface area (Å²) in [6, 6.07) is 42.8. The maximum absolute atomic E-state index is 6.00. The van der Waals surface area contributed by atoms with Crippen LogP contribution in [0.2, 0.25) is 0 Å². The van der Waals surface area contributed by atoms with E-state index in [1.165, 1.54) is 21.2 Å². The normalized spacial score (nSPS) is 10.3. The SMILES string of the molecule is S=C(SCSC(=S)[PH+](c1ccccc1)c1ccccc1)[PH+](c1ccccc1)c1ccccc1.[W].[W]. The number of thiocarbonyl (C=S) groups is 2. The van der Waals surface area contributed by atoms with Crippen LogP contribution in [0.5, 0.6) is 0 Å². The summed E-state index contributed by atoms with van der Waals surface area (Å²) in [4.78, 5) is 0. The van der Waals surface area contributed by atoms with Crippen LogP contribution in [0.4, 0.5) is 0 Å². The zero-order valence-electron chi connectivity index (χ0n) is 18.7. The van der Waals surface area contributed by atoms with Gasteiger partial charge in [0.25, 0.3) is 0 Å². The van der Waals surface area contributed by atoms with Crippen LogP contribution in [-0.4, -0.2) is 13.0 Å². The maximum atomic E-state index is 6.00. The molecule has 0 bridgehead atoms. The molecule has 0 unspecified atom stereocenters. The monoisotopic (exact) mass is 906 g/mol. The van der Waals surface area contributed by atoms with Crippen molar-refractivity contribution in [2.75, 3.05) is 5.08 Å². The number of rotatable bonds is 8. The van der Waals surface area contributed by atoms with E-state index >= 15 is 0 Å². The van der Waals surface area contributed by atoms with Crippen LogP contribution in [-0.2, 0) is 42.1 Å². The second-order valence-electron chi connectivity index (χ2n) is 7.20. The second-order valence-corrected chi connectivity index (χ2v) is 17.1. The molecule has 0 spiro atoms. The first-order chi connectivity index (χ1) is 16.2. The van der Waals surface area contributed by atoms with Crippen molar-refractivity contribution in [1.29, 1.82) is 0 Å². The van der Waals surface area contributed by atoms with Gasteiger partial charge < -0.3 is 0 Å². The molecule has 0 atom stereocenters. The summed E-state index contributed by atoms with van der Waals surface area (Å²) in [5.74, 6) is 0. The van der Waals surface area contributed by atoms with Crippen molar-refractivity contribution >= 4 is 92.9 Å². The third-order valence-electron chi connectivity index (χ3n) is 5.04. The summed E-state index contributed by atoms with van der Waals surface area (Å²) in [6.45, 7) is 0. The fourth-order valence-corrected chi connectivity index (χ4v) is 14.2. The van der Waals surface area contributed by atoms with Crippen molar-refractivity contribution in [3.63, 3.8) is 0 Å². The van der Waals surface area contributed by atoms with Crippen LogP contribution < -0.4 is 21.2 Å². The van der Waals surface area contributed by atoms with E-state index in [9.17, 15) is 0 Å². The number of hydrogen-bond donors (Lipinski definition) is 0. The second kappa shape index (κ2) is 16.8. The topological polar surface area (TPSA) is 0 Å². The molecule has 0 aliphatic rings. The van der Waals surface area contributed by atoms with Gasteiger partial charge in [-0.05, 0) is 73.0 Å². The van der Waals surface area contributed by atoms with E-state index in [0.717, 1.165) is 13.0 Å². The molecule has 4 rings (SSSR count). The van der Waals surface area contributed by atoms with Crippen LogP contribution in [0.15, 0.2) is 121 Å². The van der Waals surface area contributed by atoms with Gasteiger partial charge in [-0.25, -0.2) is 0 Å². The van der Waals surface area contributed by atoms with E-state index < -0.39 is 15.8 Å². The quantitative estimate of drug-likeness (QED) is 0.110. The van der Waals surface area contributed by atoms with Gasteiger partial charge in [-0.3, -0.25) is 0 Å². The molecular weight excluding hydrogens is 882 g/mol. The van der Waals surface area contributed by atoms with Crippen molar-refractivity contribution in [2.24, 2.45) is 0 Å². The third-order valence-corrected chi connectivity index (χ3v) is 15.0. The number of hydrogen-bond acceptors (Lipinski definition) is 4. The van der Waals surface area contributed by atoms with Crippen LogP contribution >= 0.6 is 63.8 Å². The first-order valence-electron chi connectivity index (χ1n) is 10.5. The van der Waals surface area contributed by atoms with Crippen LogP contribution in [0.1, 0.15) is 0 Å². The van der Waals surface area contributed by atoms with Crippen molar-refractivity contribution in [1.82, 2.24) is 0 Å². The predicted molar refractivity (Wildman–Crippen MR) is 166 cm³/mol. The molecule has 0 fully saturated rings. The van der Waals surface area contributed by atoms with Crippen molar-refractivity contribution in [3.05, 3.63) is 121 Å². The van der Waals surface area contributed by atoms with E-state index in [0.29, 0.717) is 0 Å². The Hall–Kier alpha value is -0.00338. The number of thioether (sulfide) groups is 2. The molecule has 0 aliphatic heterocycles. The summed E-state index contributed by atoms with van der Waals surface area (Å²) < 4.78 is 2.17. The van der Waals surface area contributed by atoms with E-state index in [1.807, 2.05) is 0 Å². The van der Waals surface area contributed by atoms with E-state index in [1.54, 1.807) is 23.5 Å². The largest absolute Gasteiger partial charge is 0.198 e. The minimum absolute atomic E-state index is 0. The number of benzene rings is 4. The molecule has 35 heavy (non-hydrogen) atoms. The molecule has 176 valence electrons. The molecule has 0 saturated carbocycles. The maximum Gasteiger partial charge on any atom is 0.198 e. The molecule has 0 aliphatic carbocycles. The molecule has 0 amide bonds. The first-order valence-corrected chi connectivity index (χ1v) is 16.3. The standard InChI is InChI=1S/C27H22P2S4.2W/c30-26(28(22-13-5-1-6-14-22)23-15-7-2-8-16-23)32-21-33-27(31)29(24-17-9-3-10-18-24)25-19-11-4-12-20-25;;/h1-20H,21H2;;/p+2. The molecule has 8 heteroatoms. The van der Waals surface area contributed by atoms with Crippen molar-refractivity contribution in [2.45, 2.75) is 0 Å². The van der Waals surface area contributed by atoms with Gasteiger partial charge in [-0.1, -0.05) is 96.3 Å². The van der Waals surface area contributed by atoms with Gasteiger partial charge in [-0.15, -0.1) is 0 Å². The Morgan fingerprint density at radius 3 is 0.914 bits per heavy atom. The zero-order chi connectivity index (χ0) is 22.9. The Morgan fingerprint density at radius 1 is 0.457 bits per heavy atom. The van der Waals surface area contributed by atoms with Gasteiger partial charge in [0.15, 0.2) is 7.88 Å². The van der Waals surface area contributed by atoms with Gasteiger partial charge in [0.2, 0.25) is 0 Å². The zero-order valence-corrected chi connectivity index (χ0v) is 29.8. The van der Waals surface area contributed by atoms with Crippen LogP contribution in [0.25, 0.3) is 0 Å². The molecule has 0 radical (unpaired) electrons. The van der Waals surface area contributed by atoms with Crippen LogP contribution in [0, 0.1) is 0 Å². The molecule has 4 aromatic rings. The minimum atomic E-state index is -1.15. The average molecular weight is 906 g/mol. The minimum Gasteiger partial charge on any atom is -0.0645 e. The van der Waals surface area contributed by atoms with Crippen LogP contribution in [0.3, 0.4) is 0 Å². The fourth-order valence-electron chi connectivity index (χ4n) is 3.50. The van der Waals surface area contributed by atoms with E-state index in [2.05, 4.69) is 121 Å². The fraction of sp³-hybridized carbons (Fsp3) is 0.0370. The molecular formula is C27H24P2S4W2+2. The van der Waals surface area contributed by atoms with Gasteiger partial charge in [0, 0.05) is 42.1 Å². The predicted octanol–water partition coefficient (Wildman–Crippen LogP) is 6.71. The molecule has 0 heterocycles. The molecule has 0 N–H and O–H groups in total. The molecule has 4 aromatic carbocycles. The smallest absolute Gasteiger partial charge is 0.0645 e. The first kappa shape index (κ1) is 31.2. The molecule has 0 nitrogen and oxygen atoms in total. The van der Waals surface area contributed by atoms with E-state index in [4.69, 9.17) is 24.4 Å². The Labute approximate surface area is 258 Å². The van der Waals surface area contributed by atoms with Gasteiger partial charge in [-0.2, -0.15) is 0 Å². The summed E-state index contributed by atoms with van der Waals surface area (Å²) >= 11 is 15.6. The summed E-state index contributed by atoms with van der Waals surface area (Å²) in [5.41, 5.74) is 0.